The Hall–Kier alpha value is -2.61. The average molecular weight is 398 g/mol. The maximum Gasteiger partial charge on any atom is 0.255 e. The van der Waals surface area contributed by atoms with Gasteiger partial charge in [0.25, 0.3) is 5.91 Å². The molecular weight excluding hydrogens is 366 g/mol. The lowest BCUT2D eigenvalue weighted by Gasteiger charge is -2.38. The lowest BCUT2D eigenvalue weighted by molar-refractivity contribution is -0.125. The van der Waals surface area contributed by atoms with E-state index in [1.165, 1.54) is 48.8 Å². The minimum atomic E-state index is 0.210. The van der Waals surface area contributed by atoms with Crippen LogP contribution in [0.15, 0.2) is 72.3 Å². The smallest absolute Gasteiger partial charge is 0.255 e. The number of rotatable bonds is 4. The molecule has 0 atom stereocenters. The van der Waals surface area contributed by atoms with Gasteiger partial charge in [-0.15, -0.1) is 0 Å². The van der Waals surface area contributed by atoms with Crippen LogP contribution in [0.1, 0.15) is 56.1 Å². The second-order valence-electron chi connectivity index (χ2n) is 9.07. The topological polar surface area (TPSA) is 20.3 Å². The van der Waals surface area contributed by atoms with Crippen molar-refractivity contribution in [3.8, 4) is 0 Å². The molecular formula is C28H31NO. The second-order valence-corrected chi connectivity index (χ2v) is 9.07. The Morgan fingerprint density at radius 1 is 0.733 bits per heavy atom. The van der Waals surface area contributed by atoms with Gasteiger partial charge in [0.15, 0.2) is 0 Å². The summed E-state index contributed by atoms with van der Waals surface area (Å²) >= 11 is 0. The summed E-state index contributed by atoms with van der Waals surface area (Å²) in [6, 6.07) is 21.0. The summed E-state index contributed by atoms with van der Waals surface area (Å²) in [6.45, 7) is 1.75. The number of nitrogens with zero attached hydrogens (tertiary/aromatic N) is 1. The van der Waals surface area contributed by atoms with E-state index in [-0.39, 0.29) is 5.91 Å². The fourth-order valence-electron chi connectivity index (χ4n) is 5.57. The summed E-state index contributed by atoms with van der Waals surface area (Å²) < 4.78 is 0. The maximum absolute atomic E-state index is 14.0. The third-order valence-electron chi connectivity index (χ3n) is 7.15. The highest BCUT2D eigenvalue weighted by molar-refractivity contribution is 6.29. The van der Waals surface area contributed by atoms with E-state index in [9.17, 15) is 4.79 Å². The molecule has 0 N–H and O–H groups in total. The van der Waals surface area contributed by atoms with Gasteiger partial charge in [0, 0.05) is 13.1 Å². The van der Waals surface area contributed by atoms with Gasteiger partial charge in [-0.1, -0.05) is 66.7 Å². The Labute approximate surface area is 180 Å². The van der Waals surface area contributed by atoms with E-state index in [1.54, 1.807) is 0 Å². The number of carbonyl (C=O) groups excluding carboxylic acids is 1. The first kappa shape index (κ1) is 19.4. The lowest BCUT2D eigenvalue weighted by Crippen LogP contribution is -2.36. The molecule has 2 heteroatoms. The van der Waals surface area contributed by atoms with Crippen LogP contribution in [0.3, 0.4) is 0 Å². The molecule has 0 radical (unpaired) electrons. The predicted octanol–water partition coefficient (Wildman–Crippen LogP) is 6.36. The third kappa shape index (κ3) is 3.76. The minimum absolute atomic E-state index is 0.210. The van der Waals surface area contributed by atoms with Gasteiger partial charge >= 0.3 is 0 Å². The van der Waals surface area contributed by atoms with Crippen molar-refractivity contribution in [3.05, 3.63) is 83.4 Å². The summed E-state index contributed by atoms with van der Waals surface area (Å²) in [5.41, 5.74) is 5.75. The van der Waals surface area contributed by atoms with Gasteiger partial charge in [0.1, 0.15) is 0 Å². The normalized spacial score (nSPS) is 24.3. The van der Waals surface area contributed by atoms with Crippen molar-refractivity contribution in [3.63, 3.8) is 0 Å². The summed E-state index contributed by atoms with van der Waals surface area (Å²) in [6.07, 6.45) is 11.1. The van der Waals surface area contributed by atoms with Gasteiger partial charge in [-0.3, -0.25) is 4.79 Å². The molecule has 3 aliphatic carbocycles. The molecule has 4 aliphatic rings. The van der Waals surface area contributed by atoms with Gasteiger partial charge in [-0.2, -0.15) is 0 Å². The van der Waals surface area contributed by atoms with Gasteiger partial charge in [-0.05, 0) is 79.1 Å². The van der Waals surface area contributed by atoms with E-state index in [1.807, 2.05) is 6.07 Å². The number of carbonyl (C=O) groups is 1. The van der Waals surface area contributed by atoms with Crippen LogP contribution >= 0.6 is 0 Å². The zero-order valence-electron chi connectivity index (χ0n) is 17.7. The molecule has 0 unspecified atom stereocenters. The molecule has 30 heavy (non-hydrogen) atoms. The number of allylic oxidation sites excluding steroid dienone is 3. The van der Waals surface area contributed by atoms with E-state index in [0.717, 1.165) is 37.1 Å². The second kappa shape index (κ2) is 8.63. The van der Waals surface area contributed by atoms with E-state index < -0.39 is 0 Å². The summed E-state index contributed by atoms with van der Waals surface area (Å²) in [5.74, 6) is 1.46. The Kier molecular flexibility index (Phi) is 5.57. The summed E-state index contributed by atoms with van der Waals surface area (Å²) in [5, 5.41) is 0. The van der Waals surface area contributed by atoms with Gasteiger partial charge in [-0.25, -0.2) is 0 Å². The van der Waals surface area contributed by atoms with Crippen LogP contribution in [0.4, 0.5) is 0 Å². The Bertz CT molecular complexity index is 943. The van der Waals surface area contributed by atoms with Crippen molar-refractivity contribution in [1.82, 2.24) is 4.90 Å². The molecule has 2 bridgehead atoms. The molecule has 6 rings (SSSR count). The Morgan fingerprint density at radius 3 is 1.90 bits per heavy atom. The molecule has 2 aromatic carbocycles. The number of likely N-dealkylation sites (tertiary alicyclic amines) is 1. The molecule has 154 valence electrons. The number of piperidine rings is 1. The fourth-order valence-corrected chi connectivity index (χ4v) is 5.57. The van der Waals surface area contributed by atoms with E-state index in [4.69, 9.17) is 0 Å². The summed E-state index contributed by atoms with van der Waals surface area (Å²) in [4.78, 5) is 16.1. The highest BCUT2D eigenvalue weighted by atomic mass is 16.2. The van der Waals surface area contributed by atoms with Crippen molar-refractivity contribution in [1.29, 1.82) is 0 Å². The maximum atomic E-state index is 14.0. The number of hydrogen-bond donors (Lipinski definition) is 0. The molecule has 2 aromatic rings. The third-order valence-corrected chi connectivity index (χ3v) is 7.15. The van der Waals surface area contributed by atoms with Crippen LogP contribution in [0.2, 0.25) is 0 Å². The SMILES string of the molecule is O=C(/C(=C(\C1=CC2CCC1CC2)c1ccccc1)c1ccccc1)N1CCCCC1. The van der Waals surface area contributed by atoms with Crippen LogP contribution < -0.4 is 0 Å². The first-order valence-corrected chi connectivity index (χ1v) is 11.7. The van der Waals surface area contributed by atoms with Crippen LogP contribution in [-0.4, -0.2) is 23.9 Å². The van der Waals surface area contributed by atoms with Crippen LogP contribution in [0.25, 0.3) is 11.1 Å². The average Bonchev–Trinajstić information content (AvgIpc) is 2.84. The van der Waals surface area contributed by atoms with Crippen molar-refractivity contribution < 1.29 is 4.79 Å². The van der Waals surface area contributed by atoms with Crippen LogP contribution in [-0.2, 0) is 4.79 Å². The minimum Gasteiger partial charge on any atom is -0.339 e. The quantitative estimate of drug-likeness (QED) is 0.434. The molecule has 1 amide bonds. The van der Waals surface area contributed by atoms with E-state index in [2.05, 4.69) is 65.6 Å². The molecule has 1 saturated carbocycles. The molecule has 1 saturated heterocycles. The Morgan fingerprint density at radius 2 is 1.33 bits per heavy atom. The van der Waals surface area contributed by atoms with E-state index >= 15 is 0 Å². The molecule has 1 aliphatic heterocycles. The van der Waals surface area contributed by atoms with Crippen LogP contribution in [0.5, 0.6) is 0 Å². The first-order valence-electron chi connectivity index (χ1n) is 11.7. The number of fused-ring (bicyclic) bond motifs is 2. The van der Waals surface area contributed by atoms with Crippen molar-refractivity contribution in [2.75, 3.05) is 13.1 Å². The van der Waals surface area contributed by atoms with Gasteiger partial charge in [0.05, 0.1) is 5.57 Å². The molecule has 0 aromatic heterocycles. The highest BCUT2D eigenvalue weighted by Gasteiger charge is 2.34. The van der Waals surface area contributed by atoms with Crippen LogP contribution in [0, 0.1) is 11.8 Å². The fraction of sp³-hybridized carbons (Fsp3) is 0.393. The first-order chi connectivity index (χ1) is 14.8. The Balaban J connectivity index is 1.73. The lowest BCUT2D eigenvalue weighted by atomic mass is 9.67. The highest BCUT2D eigenvalue weighted by Crippen LogP contribution is 2.48. The van der Waals surface area contributed by atoms with Crippen molar-refractivity contribution in [2.24, 2.45) is 11.8 Å². The van der Waals surface area contributed by atoms with E-state index in [0.29, 0.717) is 11.8 Å². The number of hydrogen-bond acceptors (Lipinski definition) is 1. The van der Waals surface area contributed by atoms with Gasteiger partial charge < -0.3 is 4.90 Å². The van der Waals surface area contributed by atoms with Crippen molar-refractivity contribution in [2.45, 2.75) is 44.9 Å². The standard InChI is InChI=1S/C28H31NO/c30-28(29-18-8-3-9-19-29)27(24-12-6-2-7-13-24)26(23-10-4-1-5-11-23)25-20-21-14-16-22(25)17-15-21/h1-2,4-7,10-13,20-22H,3,8-9,14-19H2/b27-26-. The summed E-state index contributed by atoms with van der Waals surface area (Å²) in [7, 11) is 0. The molecule has 2 nitrogen and oxygen atoms in total. The number of benzene rings is 2. The zero-order valence-corrected chi connectivity index (χ0v) is 17.7. The molecule has 2 fully saturated rings. The predicted molar refractivity (Wildman–Crippen MR) is 124 cm³/mol. The monoisotopic (exact) mass is 397 g/mol. The molecule has 0 spiro atoms. The molecule has 1 heterocycles. The largest absolute Gasteiger partial charge is 0.339 e. The zero-order chi connectivity index (χ0) is 20.3. The van der Waals surface area contributed by atoms with Gasteiger partial charge in [0.2, 0.25) is 0 Å². The van der Waals surface area contributed by atoms with Crippen molar-refractivity contribution >= 4 is 17.1 Å². The number of amides is 1.